The van der Waals surface area contributed by atoms with Gasteiger partial charge in [-0.3, -0.25) is 9.78 Å². The second-order valence-electron chi connectivity index (χ2n) is 9.66. The first-order valence-corrected chi connectivity index (χ1v) is 13.4. The Balaban J connectivity index is 1.30. The largest absolute Gasteiger partial charge is 0.494 e. The van der Waals surface area contributed by atoms with Gasteiger partial charge in [-0.25, -0.2) is 14.4 Å². The maximum absolute atomic E-state index is 14.3. The van der Waals surface area contributed by atoms with Crippen LogP contribution in [0.3, 0.4) is 0 Å². The summed E-state index contributed by atoms with van der Waals surface area (Å²) in [6.07, 6.45) is 5.55. The Hall–Kier alpha value is -3.13. The molecule has 10 nitrogen and oxygen atoms in total. The van der Waals surface area contributed by atoms with Crippen LogP contribution >= 0.6 is 22.6 Å². The van der Waals surface area contributed by atoms with Crippen LogP contribution in [0.1, 0.15) is 59.9 Å². The Labute approximate surface area is 225 Å². The molecule has 2 aliphatic rings. The van der Waals surface area contributed by atoms with E-state index in [2.05, 4.69) is 37.7 Å². The number of hydrogen-bond donors (Lipinski definition) is 2. The van der Waals surface area contributed by atoms with E-state index < -0.39 is 11.4 Å². The Morgan fingerprint density at radius 2 is 2.08 bits per heavy atom. The highest BCUT2D eigenvalue weighted by molar-refractivity contribution is 14.1. The molecule has 12 heteroatoms. The zero-order chi connectivity index (χ0) is 25.9. The Bertz CT molecular complexity index is 1520. The van der Waals surface area contributed by atoms with Crippen molar-refractivity contribution in [3.63, 3.8) is 0 Å². The van der Waals surface area contributed by atoms with Gasteiger partial charge in [-0.2, -0.15) is 4.52 Å². The number of piperidine rings is 1. The first-order chi connectivity index (χ1) is 17.8. The lowest BCUT2D eigenvalue weighted by Gasteiger charge is -2.37. The number of rotatable bonds is 4. The summed E-state index contributed by atoms with van der Waals surface area (Å²) in [4.78, 5) is 28.6. The molecule has 1 saturated carbocycles. The zero-order valence-electron chi connectivity index (χ0n) is 20.1. The SMILES string of the molecule is COc1cc(F)cc2c1nc(N)n1nc([C@@H]3CC[C@H](I)N(C(=O)c4ccc(C5(O)CCC5)cn4)C3)nc21. The molecule has 1 aliphatic carbocycles. The number of nitrogen functional groups attached to an aromatic ring is 1. The maximum atomic E-state index is 14.3. The third-order valence-electron chi connectivity index (χ3n) is 7.40. The fourth-order valence-corrected chi connectivity index (χ4v) is 5.95. The average Bonchev–Trinajstić information content (AvgIpc) is 3.34. The van der Waals surface area contributed by atoms with Crippen molar-refractivity contribution in [1.29, 1.82) is 0 Å². The molecule has 6 rings (SSSR count). The number of pyridine rings is 1. The van der Waals surface area contributed by atoms with Gasteiger partial charge in [0.05, 0.1) is 22.1 Å². The molecule has 4 heterocycles. The number of anilines is 1. The number of alkyl halides is 1. The number of carbonyl (C=O) groups is 1. The van der Waals surface area contributed by atoms with Crippen LogP contribution in [0.2, 0.25) is 0 Å². The number of methoxy groups -OCH3 is 1. The predicted octanol–water partition coefficient (Wildman–Crippen LogP) is 3.55. The van der Waals surface area contributed by atoms with Crippen LogP contribution in [0, 0.1) is 5.82 Å². The van der Waals surface area contributed by atoms with E-state index in [1.54, 1.807) is 23.2 Å². The number of aromatic nitrogens is 5. The molecule has 1 aliphatic heterocycles. The standard InChI is InChI=1S/C25H25FIN7O3/c1-37-18-10-15(26)9-16-20(18)30-24(28)34-22(16)31-21(32-34)13-3-6-19(27)33(12-13)23(35)17-5-4-14(11-29-17)25(36)7-2-8-25/h4-5,9-11,13,19,36H,2-3,6-8,12H2,1H3,(H2,28,30)/t13-,19-/m1/s1. The Morgan fingerprint density at radius 3 is 2.76 bits per heavy atom. The molecule has 4 aromatic rings. The highest BCUT2D eigenvalue weighted by atomic mass is 127. The van der Waals surface area contributed by atoms with Crippen molar-refractivity contribution in [2.75, 3.05) is 19.4 Å². The van der Waals surface area contributed by atoms with Gasteiger partial charge in [-0.05, 0) is 44.2 Å². The average molecular weight is 617 g/mol. The van der Waals surface area contributed by atoms with Gasteiger partial charge >= 0.3 is 0 Å². The minimum absolute atomic E-state index is 0.0124. The number of aliphatic hydroxyl groups is 1. The van der Waals surface area contributed by atoms with Gasteiger partial charge in [-0.1, -0.05) is 28.7 Å². The molecule has 1 saturated heterocycles. The molecular weight excluding hydrogens is 592 g/mol. The smallest absolute Gasteiger partial charge is 0.273 e. The number of benzene rings is 1. The number of amides is 1. The molecule has 1 aromatic carbocycles. The normalized spacial score (nSPS) is 21.2. The highest BCUT2D eigenvalue weighted by Gasteiger charge is 2.37. The van der Waals surface area contributed by atoms with Crippen molar-refractivity contribution in [2.45, 2.75) is 47.7 Å². The van der Waals surface area contributed by atoms with E-state index in [1.165, 1.54) is 23.8 Å². The predicted molar refractivity (Wildman–Crippen MR) is 142 cm³/mol. The lowest BCUT2D eigenvalue weighted by Crippen LogP contribution is -2.44. The first kappa shape index (κ1) is 24.2. The Kier molecular flexibility index (Phi) is 5.90. The minimum atomic E-state index is -0.820. The van der Waals surface area contributed by atoms with Gasteiger partial charge < -0.3 is 20.5 Å². The summed E-state index contributed by atoms with van der Waals surface area (Å²) in [5.74, 6) is 0.0829. The monoisotopic (exact) mass is 617 g/mol. The van der Waals surface area contributed by atoms with Crippen LogP contribution in [-0.4, -0.2) is 58.2 Å². The molecule has 1 amide bonds. The molecule has 0 bridgehead atoms. The van der Waals surface area contributed by atoms with E-state index in [-0.39, 0.29) is 27.6 Å². The second-order valence-corrected chi connectivity index (χ2v) is 11.1. The number of fused-ring (bicyclic) bond motifs is 3. The quantitative estimate of drug-likeness (QED) is 0.202. The van der Waals surface area contributed by atoms with Crippen molar-refractivity contribution in [1.82, 2.24) is 29.5 Å². The van der Waals surface area contributed by atoms with Crippen LogP contribution in [0.15, 0.2) is 30.5 Å². The molecule has 37 heavy (non-hydrogen) atoms. The second kappa shape index (κ2) is 9.01. The fourth-order valence-electron chi connectivity index (χ4n) is 5.11. The number of nitrogens with zero attached hydrogens (tertiary/aromatic N) is 6. The molecule has 3 N–H and O–H groups in total. The van der Waals surface area contributed by atoms with E-state index in [0.717, 1.165) is 24.8 Å². The van der Waals surface area contributed by atoms with Crippen LogP contribution in [-0.2, 0) is 5.60 Å². The molecule has 3 aromatic heterocycles. The van der Waals surface area contributed by atoms with E-state index in [1.807, 2.05) is 0 Å². The minimum Gasteiger partial charge on any atom is -0.494 e. The van der Waals surface area contributed by atoms with Crippen LogP contribution in [0.4, 0.5) is 10.3 Å². The third kappa shape index (κ3) is 4.06. The Morgan fingerprint density at radius 1 is 1.27 bits per heavy atom. The van der Waals surface area contributed by atoms with Gasteiger partial charge in [0.15, 0.2) is 11.5 Å². The summed E-state index contributed by atoms with van der Waals surface area (Å²) in [6, 6.07) is 6.07. The van der Waals surface area contributed by atoms with Crippen molar-refractivity contribution in [2.24, 2.45) is 0 Å². The zero-order valence-corrected chi connectivity index (χ0v) is 22.2. The number of ether oxygens (including phenoxy) is 1. The molecule has 0 spiro atoms. The number of halogens is 2. The van der Waals surface area contributed by atoms with Crippen LogP contribution in [0.25, 0.3) is 16.6 Å². The summed E-state index contributed by atoms with van der Waals surface area (Å²) in [7, 11) is 1.44. The van der Waals surface area contributed by atoms with E-state index in [9.17, 15) is 14.3 Å². The van der Waals surface area contributed by atoms with E-state index in [0.29, 0.717) is 47.5 Å². The van der Waals surface area contributed by atoms with E-state index >= 15 is 0 Å². The summed E-state index contributed by atoms with van der Waals surface area (Å²) in [5, 5.41) is 15.6. The van der Waals surface area contributed by atoms with Gasteiger partial charge in [-0.15, -0.1) is 5.10 Å². The van der Waals surface area contributed by atoms with Gasteiger partial charge in [0.1, 0.15) is 22.8 Å². The summed E-state index contributed by atoms with van der Waals surface area (Å²) in [6.45, 7) is 0.402. The fraction of sp³-hybridized carbons (Fsp3) is 0.400. The van der Waals surface area contributed by atoms with E-state index in [4.69, 9.17) is 15.5 Å². The van der Waals surface area contributed by atoms with Gasteiger partial charge in [0.2, 0.25) is 5.95 Å². The van der Waals surface area contributed by atoms with Crippen molar-refractivity contribution in [3.8, 4) is 5.75 Å². The van der Waals surface area contributed by atoms with Crippen molar-refractivity contribution < 1.29 is 19.0 Å². The van der Waals surface area contributed by atoms with Gasteiger partial charge in [0.25, 0.3) is 5.91 Å². The summed E-state index contributed by atoms with van der Waals surface area (Å²) < 4.78 is 21.0. The molecule has 0 radical (unpaired) electrons. The summed E-state index contributed by atoms with van der Waals surface area (Å²) >= 11 is 2.27. The molecular formula is C25H25FIN7O3. The number of carbonyl (C=O) groups excluding carboxylic acids is 1. The number of hydrogen-bond acceptors (Lipinski definition) is 8. The lowest BCUT2D eigenvalue weighted by molar-refractivity contribution is -0.0391. The summed E-state index contributed by atoms with van der Waals surface area (Å²) in [5.41, 5.74) is 7.22. The third-order valence-corrected chi connectivity index (χ3v) is 8.70. The number of likely N-dealkylation sites (tertiary alicyclic amines) is 1. The molecule has 2 fully saturated rings. The maximum Gasteiger partial charge on any atom is 0.273 e. The lowest BCUT2D eigenvalue weighted by atomic mass is 9.76. The molecule has 192 valence electrons. The van der Waals surface area contributed by atoms with Crippen molar-refractivity contribution >= 4 is 51.0 Å². The van der Waals surface area contributed by atoms with Crippen molar-refractivity contribution in [3.05, 3.63) is 53.4 Å². The topological polar surface area (TPSA) is 132 Å². The first-order valence-electron chi connectivity index (χ1n) is 12.1. The highest BCUT2D eigenvalue weighted by Crippen LogP contribution is 2.41. The van der Waals surface area contributed by atoms with Crippen LogP contribution in [0.5, 0.6) is 5.75 Å². The molecule has 0 unspecified atom stereocenters. The number of nitrogens with two attached hydrogens (primary N) is 1. The molecule has 2 atom stereocenters. The van der Waals surface area contributed by atoms with Gasteiger partial charge in [0, 0.05) is 30.3 Å². The van der Waals surface area contributed by atoms with Crippen LogP contribution < -0.4 is 10.5 Å².